The Hall–Kier alpha value is -2.22. The Balaban J connectivity index is 2.33. The van der Waals surface area contributed by atoms with Crippen LogP contribution in [0.25, 0.3) is 17.0 Å². The first-order valence-corrected chi connectivity index (χ1v) is 7.52. The van der Waals surface area contributed by atoms with E-state index < -0.39 is 5.97 Å². The van der Waals surface area contributed by atoms with Crippen LogP contribution in [0, 0.1) is 6.92 Å². The second kappa shape index (κ2) is 5.53. The van der Waals surface area contributed by atoms with Gasteiger partial charge in [0.25, 0.3) is 0 Å². The minimum absolute atomic E-state index is 0.320. The number of carbonyl (C=O) groups is 1. The lowest BCUT2D eigenvalue weighted by molar-refractivity contribution is 0.0590. The fraction of sp³-hybridized carbons (Fsp3) is 0.286. The third kappa shape index (κ3) is 2.19. The van der Waals surface area contributed by atoms with Crippen LogP contribution in [0.1, 0.15) is 23.1 Å². The van der Waals surface area contributed by atoms with Gasteiger partial charge in [-0.2, -0.15) is 10.2 Å². The predicted molar refractivity (Wildman–Crippen MR) is 83.7 cm³/mol. The van der Waals surface area contributed by atoms with Crippen LogP contribution in [-0.4, -0.2) is 37.5 Å². The molecular weight excluding hydrogens is 350 g/mol. The van der Waals surface area contributed by atoms with Crippen molar-refractivity contribution in [1.82, 2.24) is 24.4 Å². The number of aryl methyl sites for hydroxylation is 2. The molecule has 22 heavy (non-hydrogen) atoms. The van der Waals surface area contributed by atoms with Crippen molar-refractivity contribution in [2.75, 3.05) is 7.11 Å². The van der Waals surface area contributed by atoms with Crippen LogP contribution in [0.4, 0.5) is 0 Å². The number of carbonyl (C=O) groups excluding carboxylic acids is 1. The molecule has 8 heteroatoms. The number of esters is 1. The van der Waals surface area contributed by atoms with Crippen molar-refractivity contribution in [2.24, 2.45) is 0 Å². The molecule has 0 aromatic carbocycles. The van der Waals surface area contributed by atoms with Gasteiger partial charge in [0.1, 0.15) is 0 Å². The van der Waals surface area contributed by atoms with Crippen molar-refractivity contribution in [3.05, 3.63) is 34.2 Å². The number of nitrogens with zero attached hydrogens (tertiary/aromatic N) is 5. The molecule has 0 spiro atoms. The zero-order chi connectivity index (χ0) is 15.9. The summed E-state index contributed by atoms with van der Waals surface area (Å²) in [6.07, 6.45) is 1.71. The van der Waals surface area contributed by atoms with E-state index >= 15 is 0 Å². The number of halogens is 1. The molecule has 0 radical (unpaired) electrons. The molecule has 0 amide bonds. The van der Waals surface area contributed by atoms with Gasteiger partial charge in [0.05, 0.1) is 28.7 Å². The molecule has 3 aromatic heterocycles. The summed E-state index contributed by atoms with van der Waals surface area (Å²) < 4.78 is 8.91. The van der Waals surface area contributed by atoms with Gasteiger partial charge in [-0.3, -0.25) is 4.68 Å². The van der Waals surface area contributed by atoms with Gasteiger partial charge in [-0.1, -0.05) is 0 Å². The molecule has 0 N–H and O–H groups in total. The maximum Gasteiger partial charge on any atom is 0.356 e. The second-order valence-electron chi connectivity index (χ2n) is 4.69. The molecule has 114 valence electrons. The van der Waals surface area contributed by atoms with Gasteiger partial charge in [0.15, 0.2) is 11.3 Å². The van der Waals surface area contributed by atoms with Crippen LogP contribution in [0.5, 0.6) is 0 Å². The number of hydrogen-bond acceptors (Lipinski definition) is 5. The number of hydrogen-bond donors (Lipinski definition) is 0. The highest BCUT2D eigenvalue weighted by atomic mass is 79.9. The molecule has 0 saturated carbocycles. The van der Waals surface area contributed by atoms with Gasteiger partial charge >= 0.3 is 5.97 Å². The first-order valence-electron chi connectivity index (χ1n) is 6.73. The van der Waals surface area contributed by atoms with E-state index in [0.717, 1.165) is 15.9 Å². The van der Waals surface area contributed by atoms with E-state index in [1.807, 2.05) is 24.6 Å². The fourth-order valence-electron chi connectivity index (χ4n) is 2.28. The molecule has 3 heterocycles. The summed E-state index contributed by atoms with van der Waals surface area (Å²) in [6.45, 7) is 4.55. The quantitative estimate of drug-likeness (QED) is 0.668. The van der Waals surface area contributed by atoms with Crippen LogP contribution in [0.2, 0.25) is 0 Å². The van der Waals surface area contributed by atoms with Crippen molar-refractivity contribution < 1.29 is 9.53 Å². The summed E-state index contributed by atoms with van der Waals surface area (Å²) in [7, 11) is 1.34. The van der Waals surface area contributed by atoms with Gasteiger partial charge in [-0.25, -0.2) is 14.3 Å². The summed E-state index contributed by atoms with van der Waals surface area (Å²) in [4.78, 5) is 16.7. The monoisotopic (exact) mass is 363 g/mol. The van der Waals surface area contributed by atoms with Crippen molar-refractivity contribution in [3.63, 3.8) is 0 Å². The van der Waals surface area contributed by atoms with E-state index in [1.54, 1.807) is 12.3 Å². The third-order valence-electron chi connectivity index (χ3n) is 3.37. The zero-order valence-electron chi connectivity index (χ0n) is 12.4. The van der Waals surface area contributed by atoms with Crippen LogP contribution in [-0.2, 0) is 11.3 Å². The second-order valence-corrected chi connectivity index (χ2v) is 5.48. The standard InChI is InChI=1S/C14H14BrN5O2/c1-4-19-10(5-6-16-19)9-7-11(14(21)22-3)20-13(17-9)12(15)8(2)18-20/h5-7H,4H2,1-3H3. The molecule has 7 nitrogen and oxygen atoms in total. The van der Waals surface area contributed by atoms with Gasteiger partial charge < -0.3 is 4.74 Å². The Morgan fingerprint density at radius 2 is 2.23 bits per heavy atom. The molecule has 0 aliphatic carbocycles. The first-order chi connectivity index (χ1) is 10.6. The van der Waals surface area contributed by atoms with Gasteiger partial charge in [0, 0.05) is 12.7 Å². The molecule has 0 fully saturated rings. The molecule has 0 saturated heterocycles. The van der Waals surface area contributed by atoms with Crippen LogP contribution in [0.15, 0.2) is 22.8 Å². The molecule has 0 aliphatic heterocycles. The van der Waals surface area contributed by atoms with Crippen molar-refractivity contribution in [2.45, 2.75) is 20.4 Å². The molecule has 3 aromatic rings. The Kier molecular flexibility index (Phi) is 3.69. The molecule has 3 rings (SSSR count). The van der Waals surface area contributed by atoms with E-state index in [4.69, 9.17) is 4.74 Å². The summed E-state index contributed by atoms with van der Waals surface area (Å²) in [5, 5.41) is 8.57. The Morgan fingerprint density at radius 1 is 1.45 bits per heavy atom. The minimum atomic E-state index is -0.466. The first kappa shape index (κ1) is 14.7. The lowest BCUT2D eigenvalue weighted by Gasteiger charge is -2.08. The average Bonchev–Trinajstić information content (AvgIpc) is 3.11. The highest BCUT2D eigenvalue weighted by Gasteiger charge is 2.20. The molecule has 0 unspecified atom stereocenters. The number of aromatic nitrogens is 5. The number of ether oxygens (including phenoxy) is 1. The highest BCUT2D eigenvalue weighted by molar-refractivity contribution is 9.10. The average molecular weight is 364 g/mol. The van der Waals surface area contributed by atoms with E-state index in [9.17, 15) is 4.79 Å². The summed E-state index contributed by atoms with van der Waals surface area (Å²) in [5.74, 6) is -0.466. The topological polar surface area (TPSA) is 74.3 Å². The van der Waals surface area contributed by atoms with Gasteiger partial charge in [0.2, 0.25) is 0 Å². The van der Waals surface area contributed by atoms with E-state index in [1.165, 1.54) is 11.6 Å². The van der Waals surface area contributed by atoms with E-state index in [2.05, 4.69) is 31.1 Å². The minimum Gasteiger partial charge on any atom is -0.464 e. The Bertz CT molecular complexity index is 868. The molecule has 0 atom stereocenters. The SMILES string of the molecule is CCn1nccc1-c1cc(C(=O)OC)n2nc(C)c(Br)c2n1. The smallest absolute Gasteiger partial charge is 0.356 e. The fourth-order valence-corrected chi connectivity index (χ4v) is 2.62. The van der Waals surface area contributed by atoms with Gasteiger partial charge in [-0.15, -0.1) is 0 Å². The number of fused-ring (bicyclic) bond motifs is 1. The van der Waals surface area contributed by atoms with Crippen molar-refractivity contribution in [1.29, 1.82) is 0 Å². The van der Waals surface area contributed by atoms with Crippen LogP contribution in [0.3, 0.4) is 0 Å². The van der Waals surface area contributed by atoms with E-state index in [0.29, 0.717) is 23.6 Å². The summed E-state index contributed by atoms with van der Waals surface area (Å²) in [5.41, 5.74) is 3.12. The summed E-state index contributed by atoms with van der Waals surface area (Å²) >= 11 is 3.47. The Labute approximate surface area is 135 Å². The normalized spacial score (nSPS) is 11.1. The predicted octanol–water partition coefficient (Wildman–Crippen LogP) is 2.47. The third-order valence-corrected chi connectivity index (χ3v) is 4.29. The highest BCUT2D eigenvalue weighted by Crippen LogP contribution is 2.26. The van der Waals surface area contributed by atoms with Gasteiger partial charge in [-0.05, 0) is 41.9 Å². The molecular formula is C14H14BrN5O2. The lowest BCUT2D eigenvalue weighted by Crippen LogP contribution is -2.11. The number of rotatable bonds is 3. The lowest BCUT2D eigenvalue weighted by atomic mass is 10.2. The number of methoxy groups -OCH3 is 1. The van der Waals surface area contributed by atoms with Crippen LogP contribution < -0.4 is 0 Å². The van der Waals surface area contributed by atoms with Crippen LogP contribution >= 0.6 is 15.9 Å². The maximum absolute atomic E-state index is 12.1. The molecule has 0 aliphatic rings. The Morgan fingerprint density at radius 3 is 2.91 bits per heavy atom. The van der Waals surface area contributed by atoms with Crippen molar-refractivity contribution in [3.8, 4) is 11.4 Å². The zero-order valence-corrected chi connectivity index (χ0v) is 14.0. The maximum atomic E-state index is 12.1. The van der Waals surface area contributed by atoms with Crippen molar-refractivity contribution >= 4 is 27.5 Å². The molecule has 0 bridgehead atoms. The van der Waals surface area contributed by atoms with E-state index in [-0.39, 0.29) is 0 Å². The largest absolute Gasteiger partial charge is 0.464 e. The summed E-state index contributed by atoms with van der Waals surface area (Å²) in [6, 6.07) is 3.53.